The van der Waals surface area contributed by atoms with Crippen LogP contribution >= 0.6 is 0 Å². The second kappa shape index (κ2) is 7.17. The van der Waals surface area contributed by atoms with E-state index in [0.717, 1.165) is 17.9 Å². The van der Waals surface area contributed by atoms with Crippen molar-refractivity contribution >= 4 is 0 Å². The fraction of sp³-hybridized carbons (Fsp3) is 0.818. The third-order valence-electron chi connectivity index (χ3n) is 7.45. The van der Waals surface area contributed by atoms with Crippen LogP contribution in [-0.2, 0) is 14.2 Å². The molecule has 2 aliphatic carbocycles. The Labute approximate surface area is 153 Å². The van der Waals surface area contributed by atoms with Crippen LogP contribution < -0.4 is 0 Å². The summed E-state index contributed by atoms with van der Waals surface area (Å²) < 4.78 is 16.8. The molecule has 0 unspecified atom stereocenters. The fourth-order valence-corrected chi connectivity index (χ4v) is 6.12. The van der Waals surface area contributed by atoms with Gasteiger partial charge in [-0.15, -0.1) is 0 Å². The van der Waals surface area contributed by atoms with Gasteiger partial charge in [-0.25, -0.2) is 0 Å². The molecule has 25 heavy (non-hydrogen) atoms. The molecule has 0 aromatic heterocycles. The van der Waals surface area contributed by atoms with Crippen LogP contribution in [0.4, 0.5) is 0 Å². The molecule has 0 aromatic rings. The van der Waals surface area contributed by atoms with Crippen molar-refractivity contribution in [1.82, 2.24) is 0 Å². The second-order valence-corrected chi connectivity index (χ2v) is 9.22. The first kappa shape index (κ1) is 19.1. The number of allylic oxidation sites excluding steroid dienone is 2. The summed E-state index contributed by atoms with van der Waals surface area (Å²) in [6.07, 6.45) is 9.63. The summed E-state index contributed by atoms with van der Waals surface area (Å²) >= 11 is 0. The van der Waals surface area contributed by atoms with E-state index in [1.807, 2.05) is 0 Å². The van der Waals surface area contributed by atoms with Gasteiger partial charge < -0.3 is 14.2 Å². The summed E-state index contributed by atoms with van der Waals surface area (Å²) in [5.74, 6) is 1.34. The van der Waals surface area contributed by atoms with Crippen LogP contribution in [0, 0.1) is 22.7 Å². The molecule has 3 aliphatic rings. The Morgan fingerprint density at radius 1 is 1.20 bits per heavy atom. The average molecular weight is 349 g/mol. The zero-order valence-electron chi connectivity index (χ0n) is 16.8. The smallest absolute Gasteiger partial charge is 0.182 e. The zero-order valence-corrected chi connectivity index (χ0v) is 16.8. The Morgan fingerprint density at radius 2 is 1.96 bits per heavy atom. The fourth-order valence-electron chi connectivity index (χ4n) is 6.12. The van der Waals surface area contributed by atoms with Gasteiger partial charge in [0, 0.05) is 19.8 Å². The molecule has 3 fully saturated rings. The highest BCUT2D eigenvalue weighted by Gasteiger charge is 2.52. The van der Waals surface area contributed by atoms with E-state index < -0.39 is 0 Å². The molecule has 1 saturated heterocycles. The van der Waals surface area contributed by atoms with E-state index in [4.69, 9.17) is 14.2 Å². The maximum Gasteiger partial charge on any atom is 0.182 e. The third-order valence-corrected chi connectivity index (χ3v) is 7.45. The van der Waals surface area contributed by atoms with Crippen LogP contribution in [0.2, 0.25) is 0 Å². The Bertz CT molecular complexity index is 521. The maximum absolute atomic E-state index is 5.71. The molecule has 0 spiro atoms. The van der Waals surface area contributed by atoms with E-state index in [9.17, 15) is 0 Å². The first-order valence-electron chi connectivity index (χ1n) is 9.88. The van der Waals surface area contributed by atoms with Gasteiger partial charge in [0.05, 0.1) is 6.61 Å². The minimum absolute atomic E-state index is 0.0215. The molecule has 1 heterocycles. The standard InChI is InChI=1S/C22H36O3/c1-15-8-11-19-21(2,3)12-7-13-22(19,4)17(15)10-9-16-18(23-5)14-25-20(16)24-6/h9,17-20H,1,7-8,10-14H2,2-6H3/b16-9+/t17-,18-,19-,20-,22+/m0/s1. The maximum atomic E-state index is 5.71. The molecule has 0 amide bonds. The van der Waals surface area contributed by atoms with E-state index in [-0.39, 0.29) is 12.4 Å². The number of hydrogen-bond acceptors (Lipinski definition) is 3. The molecule has 0 aromatic carbocycles. The Kier molecular flexibility index (Phi) is 5.49. The van der Waals surface area contributed by atoms with Crippen LogP contribution in [0.15, 0.2) is 23.8 Å². The molecule has 3 rings (SSSR count). The molecule has 142 valence electrons. The first-order chi connectivity index (χ1) is 11.8. The van der Waals surface area contributed by atoms with Crippen molar-refractivity contribution in [3.63, 3.8) is 0 Å². The average Bonchev–Trinajstić information content (AvgIpc) is 2.95. The number of methoxy groups -OCH3 is 2. The van der Waals surface area contributed by atoms with E-state index >= 15 is 0 Å². The lowest BCUT2D eigenvalue weighted by Crippen LogP contribution is -2.49. The van der Waals surface area contributed by atoms with Crippen LogP contribution in [0.5, 0.6) is 0 Å². The zero-order chi connectivity index (χ0) is 18.2. The van der Waals surface area contributed by atoms with Gasteiger partial charge in [-0.2, -0.15) is 0 Å². The second-order valence-electron chi connectivity index (χ2n) is 9.22. The molecule has 5 atom stereocenters. The highest BCUT2D eigenvalue weighted by Crippen LogP contribution is 2.61. The number of hydrogen-bond donors (Lipinski definition) is 0. The third kappa shape index (κ3) is 3.36. The van der Waals surface area contributed by atoms with Gasteiger partial charge in [-0.3, -0.25) is 0 Å². The van der Waals surface area contributed by atoms with Crippen molar-refractivity contribution < 1.29 is 14.2 Å². The van der Waals surface area contributed by atoms with Crippen LogP contribution in [0.25, 0.3) is 0 Å². The summed E-state index contributed by atoms with van der Waals surface area (Å²) in [5, 5.41) is 0. The van der Waals surface area contributed by atoms with Crippen molar-refractivity contribution in [1.29, 1.82) is 0 Å². The molecule has 3 nitrogen and oxygen atoms in total. The van der Waals surface area contributed by atoms with E-state index in [1.54, 1.807) is 14.2 Å². The van der Waals surface area contributed by atoms with Gasteiger partial charge in [0.1, 0.15) is 6.10 Å². The Hall–Kier alpha value is -0.640. The van der Waals surface area contributed by atoms with Gasteiger partial charge in [-0.1, -0.05) is 45.4 Å². The Morgan fingerprint density at radius 3 is 2.64 bits per heavy atom. The van der Waals surface area contributed by atoms with Crippen LogP contribution in [0.3, 0.4) is 0 Å². The van der Waals surface area contributed by atoms with Gasteiger partial charge in [0.2, 0.25) is 0 Å². The molecule has 1 aliphatic heterocycles. The van der Waals surface area contributed by atoms with Crippen molar-refractivity contribution in [2.45, 2.75) is 71.7 Å². The number of ether oxygens (including phenoxy) is 3. The first-order valence-corrected chi connectivity index (χ1v) is 9.88. The number of fused-ring (bicyclic) bond motifs is 1. The minimum Gasteiger partial charge on any atom is -0.374 e. The summed E-state index contributed by atoms with van der Waals surface area (Å²) in [7, 11) is 3.46. The molecular formula is C22H36O3. The van der Waals surface area contributed by atoms with Gasteiger partial charge in [-0.05, 0) is 54.8 Å². The quantitative estimate of drug-likeness (QED) is 0.660. The number of rotatable bonds is 4. The van der Waals surface area contributed by atoms with Gasteiger partial charge in [0.25, 0.3) is 0 Å². The van der Waals surface area contributed by atoms with Crippen molar-refractivity contribution in [3.8, 4) is 0 Å². The monoisotopic (exact) mass is 348 g/mol. The van der Waals surface area contributed by atoms with E-state index in [1.165, 1.54) is 37.7 Å². The van der Waals surface area contributed by atoms with Crippen molar-refractivity contribution in [2.75, 3.05) is 20.8 Å². The Balaban J connectivity index is 1.84. The molecule has 0 bridgehead atoms. The summed E-state index contributed by atoms with van der Waals surface area (Å²) in [6, 6.07) is 0. The minimum atomic E-state index is -0.256. The van der Waals surface area contributed by atoms with Crippen molar-refractivity contribution in [2.24, 2.45) is 22.7 Å². The predicted octanol–water partition coefficient (Wildman–Crippen LogP) is 5.12. The normalized spacial score (nSPS) is 42.6. The lowest BCUT2D eigenvalue weighted by molar-refractivity contribution is -0.0733. The molecule has 0 N–H and O–H groups in total. The molecule has 3 heteroatoms. The largest absolute Gasteiger partial charge is 0.374 e. The summed E-state index contributed by atoms with van der Waals surface area (Å²) in [5.41, 5.74) is 3.40. The van der Waals surface area contributed by atoms with Gasteiger partial charge in [0.15, 0.2) is 6.29 Å². The lowest BCUT2D eigenvalue weighted by Gasteiger charge is -2.58. The van der Waals surface area contributed by atoms with E-state index in [2.05, 4.69) is 33.4 Å². The highest BCUT2D eigenvalue weighted by atomic mass is 16.7. The molecule has 0 radical (unpaired) electrons. The molecular weight excluding hydrogens is 312 g/mol. The van der Waals surface area contributed by atoms with Crippen LogP contribution in [-0.4, -0.2) is 33.2 Å². The van der Waals surface area contributed by atoms with E-state index in [0.29, 0.717) is 23.4 Å². The predicted molar refractivity (Wildman–Crippen MR) is 101 cm³/mol. The highest BCUT2D eigenvalue weighted by molar-refractivity contribution is 5.21. The van der Waals surface area contributed by atoms with Crippen molar-refractivity contribution in [3.05, 3.63) is 23.8 Å². The summed E-state index contributed by atoms with van der Waals surface area (Å²) in [4.78, 5) is 0. The molecule has 2 saturated carbocycles. The van der Waals surface area contributed by atoms with Crippen LogP contribution in [0.1, 0.15) is 59.3 Å². The topological polar surface area (TPSA) is 27.7 Å². The van der Waals surface area contributed by atoms with Gasteiger partial charge >= 0.3 is 0 Å². The summed E-state index contributed by atoms with van der Waals surface area (Å²) in [6.45, 7) is 12.5. The lowest BCUT2D eigenvalue weighted by atomic mass is 9.47. The SMILES string of the molecule is C=C1CC[C@H]2C(C)(C)CCC[C@]2(C)[C@H]1C/C=C1/[C@@H](OC)OC[C@@H]1OC.